The normalized spacial score (nSPS) is 18.5. The van der Waals surface area contributed by atoms with Crippen LogP contribution in [0.5, 0.6) is 0 Å². The molecular formula is C17H26N2OS. The van der Waals surface area contributed by atoms with Crippen LogP contribution in [0.2, 0.25) is 0 Å². The summed E-state index contributed by atoms with van der Waals surface area (Å²) < 4.78 is 0. The van der Waals surface area contributed by atoms with Crippen molar-refractivity contribution in [1.29, 1.82) is 0 Å². The molecule has 2 heterocycles. The van der Waals surface area contributed by atoms with E-state index < -0.39 is 0 Å². The van der Waals surface area contributed by atoms with Crippen molar-refractivity contribution in [3.63, 3.8) is 0 Å². The molecule has 0 aromatic carbocycles. The molecule has 0 bridgehead atoms. The molecule has 3 rings (SSSR count). The van der Waals surface area contributed by atoms with E-state index in [0.717, 1.165) is 30.3 Å². The molecule has 4 heteroatoms. The van der Waals surface area contributed by atoms with Gasteiger partial charge >= 0.3 is 0 Å². The van der Waals surface area contributed by atoms with Crippen LogP contribution in [0.25, 0.3) is 0 Å². The van der Waals surface area contributed by atoms with Crippen LogP contribution in [0, 0.1) is 11.8 Å². The van der Waals surface area contributed by atoms with Gasteiger partial charge in [-0.3, -0.25) is 4.79 Å². The molecule has 1 aromatic rings. The lowest BCUT2D eigenvalue weighted by Gasteiger charge is -2.22. The molecule has 0 saturated heterocycles. The Bertz CT molecular complexity index is 505. The molecule has 1 amide bonds. The van der Waals surface area contributed by atoms with Crippen molar-refractivity contribution >= 4 is 22.2 Å². The van der Waals surface area contributed by atoms with Crippen molar-refractivity contribution in [2.75, 3.05) is 24.5 Å². The van der Waals surface area contributed by atoms with Gasteiger partial charge in [0.15, 0.2) is 0 Å². The molecule has 2 aliphatic rings. The number of aryl methyl sites for hydroxylation is 1. The molecule has 0 radical (unpaired) electrons. The van der Waals surface area contributed by atoms with Gasteiger partial charge in [0, 0.05) is 19.6 Å². The highest BCUT2D eigenvalue weighted by molar-refractivity contribution is 7.18. The van der Waals surface area contributed by atoms with Gasteiger partial charge in [0.2, 0.25) is 0 Å². The van der Waals surface area contributed by atoms with E-state index in [1.165, 1.54) is 42.8 Å². The van der Waals surface area contributed by atoms with Gasteiger partial charge in [0.05, 0.1) is 9.88 Å². The van der Waals surface area contributed by atoms with Gasteiger partial charge in [0.25, 0.3) is 5.91 Å². The van der Waals surface area contributed by atoms with Gasteiger partial charge in [-0.05, 0) is 55.6 Å². The zero-order valence-corrected chi connectivity index (χ0v) is 14.0. The SMILES string of the molecule is CC(C)CNC(=O)c1cc2c(s1)N(CC1CC1)CCCC2. The van der Waals surface area contributed by atoms with Gasteiger partial charge in [-0.2, -0.15) is 0 Å². The van der Waals surface area contributed by atoms with Crippen molar-refractivity contribution in [2.24, 2.45) is 11.8 Å². The second kappa shape index (κ2) is 6.39. The molecule has 3 nitrogen and oxygen atoms in total. The Morgan fingerprint density at radius 3 is 2.95 bits per heavy atom. The Balaban J connectivity index is 1.74. The summed E-state index contributed by atoms with van der Waals surface area (Å²) in [6, 6.07) is 2.14. The van der Waals surface area contributed by atoms with Gasteiger partial charge in [-0.1, -0.05) is 13.8 Å². The molecule has 1 aliphatic carbocycles. The van der Waals surface area contributed by atoms with Gasteiger partial charge < -0.3 is 10.2 Å². The summed E-state index contributed by atoms with van der Waals surface area (Å²) in [7, 11) is 0. The van der Waals surface area contributed by atoms with Crippen LogP contribution < -0.4 is 10.2 Å². The average molecular weight is 306 g/mol. The number of amides is 1. The highest BCUT2D eigenvalue weighted by Gasteiger charge is 2.28. The van der Waals surface area contributed by atoms with E-state index in [4.69, 9.17) is 0 Å². The van der Waals surface area contributed by atoms with E-state index in [0.29, 0.717) is 5.92 Å². The van der Waals surface area contributed by atoms with Crippen LogP contribution in [0.3, 0.4) is 0 Å². The van der Waals surface area contributed by atoms with Crippen molar-refractivity contribution < 1.29 is 4.79 Å². The number of hydrogen-bond donors (Lipinski definition) is 1. The number of anilines is 1. The van der Waals surface area contributed by atoms with E-state index in [1.54, 1.807) is 11.3 Å². The molecule has 1 fully saturated rings. The van der Waals surface area contributed by atoms with E-state index in [1.807, 2.05) is 0 Å². The highest BCUT2D eigenvalue weighted by Crippen LogP contribution is 2.38. The van der Waals surface area contributed by atoms with Crippen molar-refractivity contribution in [2.45, 2.75) is 46.0 Å². The minimum atomic E-state index is 0.105. The third-order valence-electron chi connectivity index (χ3n) is 4.27. The number of nitrogens with one attached hydrogen (secondary N) is 1. The van der Waals surface area contributed by atoms with E-state index >= 15 is 0 Å². The number of nitrogens with zero attached hydrogens (tertiary/aromatic N) is 1. The summed E-state index contributed by atoms with van der Waals surface area (Å²) in [5, 5.41) is 4.41. The molecular weight excluding hydrogens is 280 g/mol. The summed E-state index contributed by atoms with van der Waals surface area (Å²) in [4.78, 5) is 15.7. The molecule has 0 atom stereocenters. The van der Waals surface area contributed by atoms with Crippen LogP contribution in [0.4, 0.5) is 5.00 Å². The third-order valence-corrected chi connectivity index (χ3v) is 5.51. The van der Waals surface area contributed by atoms with Crippen molar-refractivity contribution in [3.8, 4) is 0 Å². The topological polar surface area (TPSA) is 32.3 Å². The van der Waals surface area contributed by atoms with E-state index in [-0.39, 0.29) is 5.91 Å². The van der Waals surface area contributed by atoms with Gasteiger partial charge in [-0.25, -0.2) is 0 Å². The fourth-order valence-electron chi connectivity index (χ4n) is 2.87. The van der Waals surface area contributed by atoms with Crippen LogP contribution in [-0.4, -0.2) is 25.5 Å². The largest absolute Gasteiger partial charge is 0.363 e. The van der Waals surface area contributed by atoms with Crippen LogP contribution >= 0.6 is 11.3 Å². The quantitative estimate of drug-likeness (QED) is 0.900. The summed E-state index contributed by atoms with van der Waals surface area (Å²) in [6.07, 6.45) is 6.43. The maximum absolute atomic E-state index is 12.3. The summed E-state index contributed by atoms with van der Waals surface area (Å²) in [5.74, 6) is 1.50. The first-order valence-corrected chi connectivity index (χ1v) is 9.11. The molecule has 1 saturated carbocycles. The summed E-state index contributed by atoms with van der Waals surface area (Å²) in [5.41, 5.74) is 1.40. The van der Waals surface area contributed by atoms with Crippen LogP contribution in [0.1, 0.15) is 54.8 Å². The van der Waals surface area contributed by atoms with Gasteiger partial charge in [0.1, 0.15) is 0 Å². The molecule has 0 spiro atoms. The first-order valence-electron chi connectivity index (χ1n) is 8.29. The monoisotopic (exact) mass is 306 g/mol. The fraction of sp³-hybridized carbons (Fsp3) is 0.706. The standard InChI is InChI=1S/C17H26N2OS/c1-12(2)10-18-16(20)15-9-14-5-3-4-8-19(17(14)21-15)11-13-6-7-13/h9,12-13H,3-8,10-11H2,1-2H3,(H,18,20). The summed E-state index contributed by atoms with van der Waals surface area (Å²) in [6.45, 7) is 7.37. The first kappa shape index (κ1) is 14.9. The average Bonchev–Trinajstić information content (AvgIpc) is 3.20. The Morgan fingerprint density at radius 2 is 2.24 bits per heavy atom. The van der Waals surface area contributed by atoms with Crippen LogP contribution in [0.15, 0.2) is 6.07 Å². The number of fused-ring (bicyclic) bond motifs is 1. The zero-order valence-electron chi connectivity index (χ0n) is 13.2. The molecule has 0 unspecified atom stereocenters. The lowest BCUT2D eigenvalue weighted by atomic mass is 10.1. The third kappa shape index (κ3) is 3.79. The lowest BCUT2D eigenvalue weighted by Crippen LogP contribution is -2.27. The zero-order chi connectivity index (χ0) is 14.8. The maximum Gasteiger partial charge on any atom is 0.261 e. The molecule has 21 heavy (non-hydrogen) atoms. The molecule has 116 valence electrons. The number of thiophene rings is 1. The molecule has 1 aliphatic heterocycles. The number of rotatable bonds is 5. The van der Waals surface area contributed by atoms with E-state index in [2.05, 4.69) is 30.1 Å². The fourth-order valence-corrected chi connectivity index (χ4v) is 4.03. The molecule has 1 N–H and O–H groups in total. The Hall–Kier alpha value is -1.03. The van der Waals surface area contributed by atoms with Crippen molar-refractivity contribution in [3.05, 3.63) is 16.5 Å². The second-order valence-electron chi connectivity index (χ2n) is 6.89. The predicted octanol–water partition coefficient (Wildman–Crippen LogP) is 3.69. The first-order chi connectivity index (χ1) is 10.1. The van der Waals surface area contributed by atoms with Crippen molar-refractivity contribution in [1.82, 2.24) is 5.32 Å². The minimum Gasteiger partial charge on any atom is -0.363 e. The predicted molar refractivity (Wildman–Crippen MR) is 89.4 cm³/mol. The minimum absolute atomic E-state index is 0.105. The summed E-state index contributed by atoms with van der Waals surface area (Å²) >= 11 is 1.70. The maximum atomic E-state index is 12.3. The van der Waals surface area contributed by atoms with Crippen LogP contribution in [-0.2, 0) is 6.42 Å². The van der Waals surface area contributed by atoms with E-state index in [9.17, 15) is 4.79 Å². The smallest absolute Gasteiger partial charge is 0.261 e. The molecule has 1 aromatic heterocycles. The number of carbonyl (C=O) groups excluding carboxylic acids is 1. The van der Waals surface area contributed by atoms with Gasteiger partial charge in [-0.15, -0.1) is 11.3 Å². The Morgan fingerprint density at radius 1 is 1.43 bits per heavy atom. The lowest BCUT2D eigenvalue weighted by molar-refractivity contribution is 0.0953. The number of carbonyl (C=O) groups is 1. The number of hydrogen-bond acceptors (Lipinski definition) is 3. The Labute approximate surface area is 131 Å². The highest BCUT2D eigenvalue weighted by atomic mass is 32.1. The Kier molecular flexibility index (Phi) is 4.53. The second-order valence-corrected chi connectivity index (χ2v) is 7.92.